The summed E-state index contributed by atoms with van der Waals surface area (Å²) in [4.78, 5) is 4.21. The van der Waals surface area contributed by atoms with Crippen molar-refractivity contribution in [3.8, 4) is 6.07 Å². The van der Waals surface area contributed by atoms with Crippen LogP contribution in [0.3, 0.4) is 0 Å². The van der Waals surface area contributed by atoms with E-state index in [1.165, 1.54) is 0 Å². The zero-order valence-electron chi connectivity index (χ0n) is 8.52. The van der Waals surface area contributed by atoms with Crippen LogP contribution in [-0.2, 0) is 6.42 Å². The molecule has 0 N–H and O–H groups in total. The Labute approximate surface area is 99.1 Å². The Balaban J connectivity index is 2.28. The van der Waals surface area contributed by atoms with E-state index >= 15 is 0 Å². The summed E-state index contributed by atoms with van der Waals surface area (Å²) in [7, 11) is 0. The van der Waals surface area contributed by atoms with Crippen LogP contribution in [-0.4, -0.2) is 4.98 Å². The average Bonchev–Trinajstić information content (AvgIpc) is 2.32. The van der Waals surface area contributed by atoms with Crippen molar-refractivity contribution in [1.29, 1.82) is 5.26 Å². The van der Waals surface area contributed by atoms with Crippen molar-refractivity contribution < 1.29 is 0 Å². The molecule has 0 radical (unpaired) electrons. The molecule has 0 aliphatic rings. The van der Waals surface area contributed by atoms with Crippen LogP contribution in [0.25, 0.3) is 0 Å². The number of nitrogens with zero attached hydrogens (tertiary/aromatic N) is 2. The van der Waals surface area contributed by atoms with E-state index in [1.807, 2.05) is 42.5 Å². The normalized spacial score (nSPS) is 9.75. The SMILES string of the molecule is N#Cc1cccc(Cc2ccccc2Cl)n1. The summed E-state index contributed by atoms with van der Waals surface area (Å²) >= 11 is 6.06. The summed E-state index contributed by atoms with van der Waals surface area (Å²) in [6.07, 6.45) is 0.648. The van der Waals surface area contributed by atoms with E-state index in [1.54, 1.807) is 6.07 Å². The van der Waals surface area contributed by atoms with E-state index in [0.29, 0.717) is 12.1 Å². The van der Waals surface area contributed by atoms with Gasteiger partial charge in [-0.05, 0) is 23.8 Å². The van der Waals surface area contributed by atoms with Gasteiger partial charge in [-0.3, -0.25) is 0 Å². The molecular weight excluding hydrogens is 220 g/mol. The number of hydrogen-bond donors (Lipinski definition) is 0. The first-order valence-corrected chi connectivity index (χ1v) is 5.27. The number of rotatable bonds is 2. The minimum absolute atomic E-state index is 0.435. The third-order valence-corrected chi connectivity index (χ3v) is 2.62. The molecule has 0 aliphatic carbocycles. The topological polar surface area (TPSA) is 36.7 Å². The number of aromatic nitrogens is 1. The van der Waals surface area contributed by atoms with Crippen molar-refractivity contribution >= 4 is 11.6 Å². The Hall–Kier alpha value is -1.85. The number of halogens is 1. The van der Waals surface area contributed by atoms with Crippen LogP contribution in [0.4, 0.5) is 0 Å². The Morgan fingerprint density at radius 1 is 1.12 bits per heavy atom. The molecule has 2 nitrogen and oxygen atoms in total. The van der Waals surface area contributed by atoms with Gasteiger partial charge in [0.2, 0.25) is 0 Å². The number of pyridine rings is 1. The fourth-order valence-corrected chi connectivity index (χ4v) is 1.68. The zero-order valence-corrected chi connectivity index (χ0v) is 9.28. The molecule has 2 aromatic rings. The van der Waals surface area contributed by atoms with Gasteiger partial charge < -0.3 is 0 Å². The third kappa shape index (κ3) is 2.39. The molecule has 3 heteroatoms. The van der Waals surface area contributed by atoms with Gasteiger partial charge in [-0.1, -0.05) is 35.9 Å². The molecule has 0 bridgehead atoms. The highest BCUT2D eigenvalue weighted by atomic mass is 35.5. The van der Waals surface area contributed by atoms with Crippen molar-refractivity contribution in [3.05, 3.63) is 64.4 Å². The van der Waals surface area contributed by atoms with Gasteiger partial charge in [0.1, 0.15) is 11.8 Å². The van der Waals surface area contributed by atoms with Crippen LogP contribution >= 0.6 is 11.6 Å². The smallest absolute Gasteiger partial charge is 0.140 e. The number of benzene rings is 1. The molecule has 1 aromatic carbocycles. The summed E-state index contributed by atoms with van der Waals surface area (Å²) in [5.41, 5.74) is 2.31. The highest BCUT2D eigenvalue weighted by molar-refractivity contribution is 6.31. The van der Waals surface area contributed by atoms with Gasteiger partial charge in [0.15, 0.2) is 0 Å². The molecule has 0 unspecified atom stereocenters. The molecule has 0 spiro atoms. The van der Waals surface area contributed by atoms with Gasteiger partial charge in [-0.15, -0.1) is 0 Å². The van der Waals surface area contributed by atoms with Crippen molar-refractivity contribution in [2.45, 2.75) is 6.42 Å². The summed E-state index contributed by atoms with van der Waals surface area (Å²) in [5, 5.41) is 9.47. The van der Waals surface area contributed by atoms with Crippen molar-refractivity contribution in [2.75, 3.05) is 0 Å². The molecule has 2 rings (SSSR count). The quantitative estimate of drug-likeness (QED) is 0.792. The lowest BCUT2D eigenvalue weighted by Gasteiger charge is -2.03. The third-order valence-electron chi connectivity index (χ3n) is 2.25. The summed E-state index contributed by atoms with van der Waals surface area (Å²) < 4.78 is 0. The van der Waals surface area contributed by atoms with Gasteiger partial charge in [-0.25, -0.2) is 4.98 Å². The highest BCUT2D eigenvalue weighted by Crippen LogP contribution is 2.17. The standard InChI is InChI=1S/C13H9ClN2/c14-13-7-2-1-4-10(13)8-11-5-3-6-12(9-15)16-11/h1-7H,8H2. The minimum atomic E-state index is 0.435. The van der Waals surface area contributed by atoms with Gasteiger partial charge in [-0.2, -0.15) is 5.26 Å². The van der Waals surface area contributed by atoms with Crippen LogP contribution in [0.2, 0.25) is 5.02 Å². The van der Waals surface area contributed by atoms with Crippen molar-refractivity contribution in [2.24, 2.45) is 0 Å². The van der Waals surface area contributed by atoms with E-state index in [2.05, 4.69) is 4.98 Å². The molecule has 1 heterocycles. The lowest BCUT2D eigenvalue weighted by molar-refractivity contribution is 1.06. The molecule has 78 valence electrons. The molecule has 0 saturated carbocycles. The maximum absolute atomic E-state index is 8.74. The Bertz CT molecular complexity index is 544. The van der Waals surface area contributed by atoms with E-state index in [-0.39, 0.29) is 0 Å². The second-order valence-corrected chi connectivity index (χ2v) is 3.80. The second kappa shape index (κ2) is 4.78. The van der Waals surface area contributed by atoms with Gasteiger partial charge in [0.05, 0.1) is 0 Å². The molecule has 0 amide bonds. The molecular formula is C13H9ClN2. The summed E-state index contributed by atoms with van der Waals surface area (Å²) in [6.45, 7) is 0. The average molecular weight is 229 g/mol. The monoisotopic (exact) mass is 228 g/mol. The fourth-order valence-electron chi connectivity index (χ4n) is 1.48. The Morgan fingerprint density at radius 3 is 2.69 bits per heavy atom. The molecule has 0 aliphatic heterocycles. The highest BCUT2D eigenvalue weighted by Gasteiger charge is 2.02. The van der Waals surface area contributed by atoms with Crippen LogP contribution in [0.1, 0.15) is 17.0 Å². The van der Waals surface area contributed by atoms with Gasteiger partial charge in [0.25, 0.3) is 0 Å². The van der Waals surface area contributed by atoms with Crippen LogP contribution in [0, 0.1) is 11.3 Å². The van der Waals surface area contributed by atoms with Crippen LogP contribution < -0.4 is 0 Å². The largest absolute Gasteiger partial charge is 0.242 e. The predicted molar refractivity (Wildman–Crippen MR) is 63.2 cm³/mol. The summed E-state index contributed by atoms with van der Waals surface area (Å²) in [6, 6.07) is 15.1. The first-order valence-electron chi connectivity index (χ1n) is 4.89. The Kier molecular flexibility index (Phi) is 3.19. The van der Waals surface area contributed by atoms with E-state index in [4.69, 9.17) is 16.9 Å². The Morgan fingerprint density at radius 2 is 1.94 bits per heavy atom. The van der Waals surface area contributed by atoms with Crippen molar-refractivity contribution in [3.63, 3.8) is 0 Å². The van der Waals surface area contributed by atoms with E-state index in [0.717, 1.165) is 16.3 Å². The summed E-state index contributed by atoms with van der Waals surface area (Å²) in [5.74, 6) is 0. The van der Waals surface area contributed by atoms with Crippen molar-refractivity contribution in [1.82, 2.24) is 4.98 Å². The minimum Gasteiger partial charge on any atom is -0.242 e. The maximum atomic E-state index is 8.74. The molecule has 0 atom stereocenters. The van der Waals surface area contributed by atoms with E-state index < -0.39 is 0 Å². The maximum Gasteiger partial charge on any atom is 0.140 e. The number of nitriles is 1. The van der Waals surface area contributed by atoms with Crippen LogP contribution in [0.5, 0.6) is 0 Å². The first-order chi connectivity index (χ1) is 7.79. The fraction of sp³-hybridized carbons (Fsp3) is 0.0769. The number of hydrogen-bond acceptors (Lipinski definition) is 2. The van der Waals surface area contributed by atoms with E-state index in [9.17, 15) is 0 Å². The molecule has 0 saturated heterocycles. The lowest BCUT2D eigenvalue weighted by Crippen LogP contribution is -1.94. The lowest BCUT2D eigenvalue weighted by atomic mass is 10.1. The van der Waals surface area contributed by atoms with Crippen LogP contribution in [0.15, 0.2) is 42.5 Å². The molecule has 16 heavy (non-hydrogen) atoms. The van der Waals surface area contributed by atoms with Gasteiger partial charge >= 0.3 is 0 Å². The zero-order chi connectivity index (χ0) is 11.4. The second-order valence-electron chi connectivity index (χ2n) is 3.39. The van der Waals surface area contributed by atoms with Gasteiger partial charge in [0, 0.05) is 17.1 Å². The predicted octanol–water partition coefficient (Wildman–Crippen LogP) is 3.20. The molecule has 0 fully saturated rings. The molecule has 1 aromatic heterocycles. The first kappa shape index (κ1) is 10.7.